The predicted octanol–water partition coefficient (Wildman–Crippen LogP) is -0.145. The van der Waals surface area contributed by atoms with Gasteiger partial charge in [0, 0.05) is 20.0 Å². The molecule has 1 unspecified atom stereocenters. The van der Waals surface area contributed by atoms with E-state index in [2.05, 4.69) is 0 Å². The van der Waals surface area contributed by atoms with Crippen molar-refractivity contribution >= 4 is 9.84 Å². The molecule has 90 valence electrons. The van der Waals surface area contributed by atoms with Crippen LogP contribution in [0.3, 0.4) is 0 Å². The van der Waals surface area contributed by atoms with E-state index in [-0.39, 0.29) is 24.0 Å². The number of nitrogens with zero attached hydrogens (tertiary/aromatic N) is 1. The molecule has 0 aromatic carbocycles. The molecule has 0 aromatic heterocycles. The first kappa shape index (κ1) is 11.8. The molecule has 1 heterocycles. The highest BCUT2D eigenvalue weighted by Gasteiger charge is 2.62. The second kappa shape index (κ2) is 3.42. The van der Waals surface area contributed by atoms with Gasteiger partial charge in [0.2, 0.25) is 0 Å². The molecule has 0 spiro atoms. The van der Waals surface area contributed by atoms with Gasteiger partial charge < -0.3 is 9.84 Å². The Morgan fingerprint density at radius 1 is 1.50 bits per heavy atom. The molecular weight excluding hydrogens is 230 g/mol. The summed E-state index contributed by atoms with van der Waals surface area (Å²) in [7, 11) is -1.62. The molecule has 1 aliphatic heterocycles. The molecule has 0 amide bonds. The first-order chi connectivity index (χ1) is 7.36. The summed E-state index contributed by atoms with van der Waals surface area (Å²) in [5, 5.41) is 19.5. The fourth-order valence-electron chi connectivity index (χ4n) is 2.66. The number of ether oxygens (including phenoxy) is 1. The Morgan fingerprint density at radius 3 is 2.50 bits per heavy atom. The summed E-state index contributed by atoms with van der Waals surface area (Å²) in [6.07, 6.45) is 0.885. The highest BCUT2D eigenvalue weighted by molar-refractivity contribution is 7.91. The maximum absolute atomic E-state index is 11.4. The lowest BCUT2D eigenvalue weighted by atomic mass is 9.60. The maximum Gasteiger partial charge on any atom is 0.152 e. The third kappa shape index (κ3) is 1.54. The molecule has 16 heavy (non-hydrogen) atoms. The van der Waals surface area contributed by atoms with Gasteiger partial charge in [-0.25, -0.2) is 8.42 Å². The van der Waals surface area contributed by atoms with Crippen LogP contribution in [0.1, 0.15) is 19.3 Å². The van der Waals surface area contributed by atoms with Gasteiger partial charge in [-0.1, -0.05) is 0 Å². The first-order valence-electron chi connectivity index (χ1n) is 5.23. The number of rotatable bonds is 2. The van der Waals surface area contributed by atoms with Gasteiger partial charge in [-0.05, 0) is 6.42 Å². The van der Waals surface area contributed by atoms with E-state index in [4.69, 9.17) is 4.74 Å². The molecule has 1 atom stereocenters. The summed E-state index contributed by atoms with van der Waals surface area (Å²) in [4.78, 5) is 0. The molecule has 1 N–H and O–H groups in total. The molecule has 0 radical (unpaired) electrons. The quantitative estimate of drug-likeness (QED) is 0.731. The van der Waals surface area contributed by atoms with Gasteiger partial charge >= 0.3 is 0 Å². The van der Waals surface area contributed by atoms with E-state index in [1.54, 1.807) is 7.11 Å². The number of aliphatic hydroxyl groups is 1. The van der Waals surface area contributed by atoms with Crippen LogP contribution in [0, 0.1) is 16.7 Å². The normalized spacial score (nSPS) is 45.9. The Morgan fingerprint density at radius 2 is 2.12 bits per heavy atom. The van der Waals surface area contributed by atoms with E-state index in [0.717, 1.165) is 0 Å². The highest BCUT2D eigenvalue weighted by atomic mass is 32.2. The highest BCUT2D eigenvalue weighted by Crippen LogP contribution is 2.52. The van der Waals surface area contributed by atoms with E-state index in [9.17, 15) is 18.8 Å². The van der Waals surface area contributed by atoms with Crippen LogP contribution in [-0.2, 0) is 14.6 Å². The van der Waals surface area contributed by atoms with Crippen molar-refractivity contribution in [2.24, 2.45) is 5.41 Å². The zero-order chi connectivity index (χ0) is 12.0. The second-order valence-corrected chi connectivity index (χ2v) is 7.02. The minimum absolute atomic E-state index is 0.000515. The van der Waals surface area contributed by atoms with Gasteiger partial charge in [-0.2, -0.15) is 5.26 Å². The van der Waals surface area contributed by atoms with E-state index in [1.807, 2.05) is 6.07 Å². The summed E-state index contributed by atoms with van der Waals surface area (Å²) in [5.74, 6) is -0.218. The number of hydrogen-bond acceptors (Lipinski definition) is 5. The summed E-state index contributed by atoms with van der Waals surface area (Å²) in [6.45, 7) is 0. The Kier molecular flexibility index (Phi) is 2.53. The van der Waals surface area contributed by atoms with Crippen LogP contribution >= 0.6 is 0 Å². The van der Waals surface area contributed by atoms with Crippen LogP contribution < -0.4 is 0 Å². The lowest BCUT2D eigenvalue weighted by Gasteiger charge is -2.50. The van der Waals surface area contributed by atoms with Crippen molar-refractivity contribution in [1.82, 2.24) is 0 Å². The number of methoxy groups -OCH3 is 1. The molecule has 0 aromatic rings. The minimum Gasteiger partial charge on any atom is -0.388 e. The second-order valence-electron chi connectivity index (χ2n) is 4.83. The van der Waals surface area contributed by atoms with Crippen molar-refractivity contribution in [2.45, 2.75) is 31.0 Å². The average Bonchev–Trinajstić information content (AvgIpc) is 2.51. The Balaban J connectivity index is 2.23. The molecular formula is C10H15NO4S. The van der Waals surface area contributed by atoms with Crippen molar-refractivity contribution in [3.8, 4) is 6.07 Å². The van der Waals surface area contributed by atoms with Crippen molar-refractivity contribution < 1.29 is 18.3 Å². The smallest absolute Gasteiger partial charge is 0.152 e. The molecule has 2 rings (SSSR count). The SMILES string of the molecule is COC1CC(O)(C2(C#N)CCS(=O)(=O)C2)C1. The predicted molar refractivity (Wildman–Crippen MR) is 56.3 cm³/mol. The van der Waals surface area contributed by atoms with Gasteiger partial charge in [0.25, 0.3) is 0 Å². The zero-order valence-electron chi connectivity index (χ0n) is 9.14. The Bertz CT molecular complexity index is 432. The van der Waals surface area contributed by atoms with E-state index in [1.165, 1.54) is 0 Å². The number of hydrogen-bond donors (Lipinski definition) is 1. The zero-order valence-corrected chi connectivity index (χ0v) is 9.96. The van der Waals surface area contributed by atoms with Crippen molar-refractivity contribution in [3.05, 3.63) is 0 Å². The molecule has 5 nitrogen and oxygen atoms in total. The van der Waals surface area contributed by atoms with Gasteiger partial charge in [0.05, 0.1) is 29.3 Å². The molecule has 0 bridgehead atoms. The van der Waals surface area contributed by atoms with Crippen LogP contribution in [0.2, 0.25) is 0 Å². The maximum atomic E-state index is 11.4. The average molecular weight is 245 g/mol. The fraction of sp³-hybridized carbons (Fsp3) is 0.900. The lowest BCUT2D eigenvalue weighted by molar-refractivity contribution is -0.173. The Hall–Kier alpha value is -0.640. The third-order valence-electron chi connectivity index (χ3n) is 3.88. The lowest BCUT2D eigenvalue weighted by Crippen LogP contribution is -2.59. The molecule has 6 heteroatoms. The van der Waals surface area contributed by atoms with Gasteiger partial charge in [-0.15, -0.1) is 0 Å². The van der Waals surface area contributed by atoms with Crippen molar-refractivity contribution in [1.29, 1.82) is 5.26 Å². The summed E-state index contributed by atoms with van der Waals surface area (Å²) in [5.41, 5.74) is -2.31. The molecule has 1 saturated heterocycles. The van der Waals surface area contributed by atoms with Crippen LogP contribution in [0.25, 0.3) is 0 Å². The standard InChI is InChI=1S/C10H15NO4S/c1-15-8-4-10(12,5-8)9(6-11)2-3-16(13,14)7-9/h8,12H,2-5,7H2,1H3. The van der Waals surface area contributed by atoms with Crippen LogP contribution in [0.15, 0.2) is 0 Å². The molecule has 1 saturated carbocycles. The van der Waals surface area contributed by atoms with Crippen LogP contribution in [-0.4, -0.2) is 43.8 Å². The van der Waals surface area contributed by atoms with Crippen molar-refractivity contribution in [3.63, 3.8) is 0 Å². The molecule has 1 aliphatic carbocycles. The molecule has 2 fully saturated rings. The Labute approximate surface area is 94.9 Å². The van der Waals surface area contributed by atoms with E-state index >= 15 is 0 Å². The third-order valence-corrected chi connectivity index (χ3v) is 5.63. The largest absolute Gasteiger partial charge is 0.388 e. The van der Waals surface area contributed by atoms with Crippen molar-refractivity contribution in [2.75, 3.05) is 18.6 Å². The summed E-state index contributed by atoms with van der Waals surface area (Å²) < 4.78 is 28.0. The van der Waals surface area contributed by atoms with Gasteiger partial charge in [0.15, 0.2) is 9.84 Å². The van der Waals surface area contributed by atoms with Gasteiger partial charge in [-0.3, -0.25) is 0 Å². The number of nitriles is 1. The fourth-order valence-corrected chi connectivity index (χ4v) is 4.69. The molecule has 2 aliphatic rings. The van der Waals surface area contributed by atoms with E-state index < -0.39 is 20.9 Å². The van der Waals surface area contributed by atoms with Crippen LogP contribution in [0.5, 0.6) is 0 Å². The van der Waals surface area contributed by atoms with E-state index in [0.29, 0.717) is 12.8 Å². The van der Waals surface area contributed by atoms with Gasteiger partial charge in [0.1, 0.15) is 5.41 Å². The number of sulfone groups is 1. The first-order valence-corrected chi connectivity index (χ1v) is 7.05. The minimum atomic E-state index is -3.17. The van der Waals surface area contributed by atoms with Crippen LogP contribution in [0.4, 0.5) is 0 Å². The summed E-state index contributed by atoms with van der Waals surface area (Å²) in [6, 6.07) is 2.04. The summed E-state index contributed by atoms with van der Waals surface area (Å²) >= 11 is 0. The topological polar surface area (TPSA) is 87.4 Å². The monoisotopic (exact) mass is 245 g/mol.